The van der Waals surface area contributed by atoms with E-state index >= 15 is 0 Å². The molecule has 3 aliphatic heterocycles. The van der Waals surface area contributed by atoms with Crippen LogP contribution in [-0.4, -0.2) is 51.5 Å². The fourth-order valence-electron chi connectivity index (χ4n) is 5.21. The highest BCUT2D eigenvalue weighted by molar-refractivity contribution is 4.99. The molecule has 24 heavy (non-hydrogen) atoms. The molecule has 3 aliphatic rings. The summed E-state index contributed by atoms with van der Waals surface area (Å²) < 4.78 is 6.10. The lowest BCUT2D eigenvalue weighted by Crippen LogP contribution is -3.14. The topological polar surface area (TPSA) is 18.1 Å². The maximum atomic E-state index is 6.10. The zero-order chi connectivity index (χ0) is 16.9. The Hall–Kier alpha value is -0.560. The van der Waals surface area contributed by atoms with E-state index in [2.05, 4.69) is 25.7 Å². The van der Waals surface area contributed by atoms with Crippen molar-refractivity contribution in [2.24, 2.45) is 5.41 Å². The summed E-state index contributed by atoms with van der Waals surface area (Å²) in [4.78, 5) is 3.43. The Kier molecular flexibility index (Phi) is 6.24. The zero-order valence-corrected chi connectivity index (χ0v) is 16.0. The van der Waals surface area contributed by atoms with Crippen molar-refractivity contribution in [3.05, 3.63) is 0 Å². The van der Waals surface area contributed by atoms with Crippen LogP contribution in [0.25, 0.3) is 0 Å². The minimum absolute atomic E-state index is 0.115. The molecule has 1 spiro atoms. The van der Waals surface area contributed by atoms with Crippen LogP contribution in [0.4, 0.5) is 0 Å². The fourth-order valence-corrected chi connectivity index (χ4v) is 5.21. The molecular weight excluding hydrogens is 296 g/mol. The van der Waals surface area contributed by atoms with Gasteiger partial charge in [-0.15, -0.1) is 0 Å². The van der Waals surface area contributed by atoms with Crippen molar-refractivity contribution in [2.45, 2.75) is 70.8 Å². The zero-order valence-electron chi connectivity index (χ0n) is 16.0. The van der Waals surface area contributed by atoms with Crippen LogP contribution in [0.15, 0.2) is 0 Å². The minimum Gasteiger partial charge on any atom is -0.375 e. The molecule has 0 aliphatic carbocycles. The molecule has 0 aromatic carbocycles. The van der Waals surface area contributed by atoms with Crippen LogP contribution in [0.2, 0.25) is 0 Å². The Morgan fingerprint density at radius 2 is 1.62 bits per heavy atom. The highest BCUT2D eigenvalue weighted by Gasteiger charge is 2.46. The van der Waals surface area contributed by atoms with Gasteiger partial charge in [0.2, 0.25) is 0 Å². The van der Waals surface area contributed by atoms with Crippen molar-refractivity contribution >= 4 is 0 Å². The second-order valence-corrected chi connectivity index (χ2v) is 8.88. The largest absolute Gasteiger partial charge is 0.375 e. The lowest BCUT2D eigenvalue weighted by atomic mass is 9.68. The van der Waals surface area contributed by atoms with Gasteiger partial charge in [0, 0.05) is 12.0 Å². The van der Waals surface area contributed by atoms with Crippen LogP contribution in [0.1, 0.15) is 65.2 Å². The minimum atomic E-state index is 0.115. The van der Waals surface area contributed by atoms with Crippen molar-refractivity contribution in [3.63, 3.8) is 0 Å². The Morgan fingerprint density at radius 1 is 0.917 bits per heavy atom. The molecule has 3 fully saturated rings. The summed E-state index contributed by atoms with van der Waals surface area (Å²) in [5.41, 5.74) is 0.639. The summed E-state index contributed by atoms with van der Waals surface area (Å²) in [6, 6.07) is 0. The summed E-state index contributed by atoms with van der Waals surface area (Å²) in [7, 11) is 0. The summed E-state index contributed by atoms with van der Waals surface area (Å²) >= 11 is 0. The molecule has 0 aromatic heterocycles. The summed E-state index contributed by atoms with van der Waals surface area (Å²) in [5, 5.41) is 0. The molecule has 3 unspecified atom stereocenters. The Morgan fingerprint density at radius 3 is 2.38 bits per heavy atom. The number of hydrogen-bond acceptors (Lipinski definition) is 1. The van der Waals surface area contributed by atoms with Gasteiger partial charge in [-0.2, -0.15) is 0 Å². The van der Waals surface area contributed by atoms with Crippen molar-refractivity contribution in [2.75, 3.05) is 45.9 Å². The number of likely N-dealkylation sites (tertiary alicyclic amines) is 2. The van der Waals surface area contributed by atoms with Gasteiger partial charge in [-0.1, -0.05) is 6.92 Å². The molecular formula is C21H38N2O+2. The van der Waals surface area contributed by atoms with Gasteiger partial charge in [0.15, 0.2) is 0 Å². The molecule has 3 rings (SSSR count). The average Bonchev–Trinajstić information content (AvgIpc) is 2.60. The van der Waals surface area contributed by atoms with Gasteiger partial charge < -0.3 is 14.5 Å². The normalized spacial score (nSPS) is 37.8. The first-order valence-electron chi connectivity index (χ1n) is 10.4. The van der Waals surface area contributed by atoms with Gasteiger partial charge >= 0.3 is 0 Å². The third-order valence-corrected chi connectivity index (χ3v) is 6.80. The summed E-state index contributed by atoms with van der Waals surface area (Å²) in [5.74, 6) is 7.01. The number of hydrogen-bond donors (Lipinski definition) is 2. The highest BCUT2D eigenvalue weighted by Crippen LogP contribution is 2.43. The van der Waals surface area contributed by atoms with Crippen LogP contribution in [-0.2, 0) is 4.74 Å². The van der Waals surface area contributed by atoms with E-state index in [1.807, 2.05) is 0 Å². The average molecular weight is 335 g/mol. The first kappa shape index (κ1) is 18.2. The SMILES string of the molecule is CCC1(C)CC2(CCC[NH+](CC#CC[NH+]3CCCCC3)C2)CCO1. The highest BCUT2D eigenvalue weighted by atomic mass is 16.5. The van der Waals surface area contributed by atoms with Crippen LogP contribution >= 0.6 is 0 Å². The number of rotatable bonds is 3. The van der Waals surface area contributed by atoms with Crippen molar-refractivity contribution in [3.8, 4) is 11.8 Å². The molecule has 3 nitrogen and oxygen atoms in total. The molecule has 3 saturated heterocycles. The molecule has 0 saturated carbocycles. The van der Waals surface area contributed by atoms with E-state index in [0.717, 1.165) is 26.1 Å². The molecule has 2 N–H and O–H groups in total. The van der Waals surface area contributed by atoms with Crippen LogP contribution in [0.3, 0.4) is 0 Å². The maximum absolute atomic E-state index is 6.10. The van der Waals surface area contributed by atoms with Gasteiger partial charge in [0.25, 0.3) is 0 Å². The van der Waals surface area contributed by atoms with E-state index < -0.39 is 0 Å². The van der Waals surface area contributed by atoms with E-state index in [1.54, 1.807) is 9.80 Å². The molecule has 0 aromatic rings. The van der Waals surface area contributed by atoms with Gasteiger partial charge in [-0.25, -0.2) is 0 Å². The van der Waals surface area contributed by atoms with Crippen molar-refractivity contribution in [1.82, 2.24) is 0 Å². The molecule has 0 bridgehead atoms. The number of piperidine rings is 2. The standard InChI is InChI=1S/C21H36N2O/c1-3-20(2)18-21(11-17-24-20)10-9-16-23(19-21)15-8-7-14-22-12-5-4-6-13-22/h3-6,9-19H2,1-2H3/p+2. The Bertz CT molecular complexity index is 458. The third-order valence-electron chi connectivity index (χ3n) is 6.80. The summed E-state index contributed by atoms with van der Waals surface area (Å²) in [6.07, 6.45) is 10.7. The van der Waals surface area contributed by atoms with E-state index in [0.29, 0.717) is 5.41 Å². The van der Waals surface area contributed by atoms with Crippen LogP contribution in [0.5, 0.6) is 0 Å². The number of ether oxygens (including phenoxy) is 1. The predicted octanol–water partition coefficient (Wildman–Crippen LogP) is 0.703. The molecule has 3 atom stereocenters. The molecule has 3 heteroatoms. The van der Waals surface area contributed by atoms with E-state index in [4.69, 9.17) is 4.74 Å². The van der Waals surface area contributed by atoms with Gasteiger partial charge in [0.1, 0.15) is 13.1 Å². The number of quaternary nitrogens is 2. The first-order chi connectivity index (χ1) is 11.6. The van der Waals surface area contributed by atoms with Gasteiger partial charge in [0.05, 0.1) is 31.8 Å². The first-order valence-corrected chi connectivity index (χ1v) is 10.4. The number of nitrogens with one attached hydrogen (secondary N) is 2. The predicted molar refractivity (Wildman–Crippen MR) is 98.3 cm³/mol. The Labute approximate surface area is 149 Å². The lowest BCUT2D eigenvalue weighted by Gasteiger charge is -2.48. The maximum Gasteiger partial charge on any atom is 0.139 e. The fraction of sp³-hybridized carbons (Fsp3) is 0.905. The smallest absolute Gasteiger partial charge is 0.139 e. The van der Waals surface area contributed by atoms with Gasteiger partial charge in [-0.05, 0) is 70.1 Å². The quantitative estimate of drug-likeness (QED) is 0.727. The molecule has 0 amide bonds. The van der Waals surface area contributed by atoms with Crippen molar-refractivity contribution < 1.29 is 14.5 Å². The molecule has 136 valence electrons. The van der Waals surface area contributed by atoms with Crippen molar-refractivity contribution in [1.29, 1.82) is 0 Å². The van der Waals surface area contributed by atoms with E-state index in [1.165, 1.54) is 71.1 Å². The monoisotopic (exact) mass is 334 g/mol. The molecule has 0 radical (unpaired) electrons. The van der Waals surface area contributed by atoms with Crippen LogP contribution in [0, 0.1) is 17.3 Å². The lowest BCUT2D eigenvalue weighted by molar-refractivity contribution is -0.906. The second-order valence-electron chi connectivity index (χ2n) is 8.88. The molecule has 3 heterocycles. The third kappa shape index (κ3) is 4.75. The van der Waals surface area contributed by atoms with E-state index in [9.17, 15) is 0 Å². The van der Waals surface area contributed by atoms with Crippen LogP contribution < -0.4 is 9.80 Å². The second kappa shape index (κ2) is 8.21. The van der Waals surface area contributed by atoms with E-state index in [-0.39, 0.29) is 5.60 Å². The summed E-state index contributed by atoms with van der Waals surface area (Å²) in [6.45, 7) is 13.0. The Balaban J connectivity index is 1.49. The van der Waals surface area contributed by atoms with Gasteiger partial charge in [-0.3, -0.25) is 0 Å².